The van der Waals surface area contributed by atoms with Crippen molar-refractivity contribution >= 4 is 38.9 Å². The van der Waals surface area contributed by atoms with E-state index in [-0.39, 0.29) is 16.4 Å². The van der Waals surface area contributed by atoms with E-state index in [1.54, 1.807) is 24.0 Å². The number of carbonyl (C=O) groups excluding carboxylic acids is 1. The van der Waals surface area contributed by atoms with E-state index in [9.17, 15) is 13.2 Å². The van der Waals surface area contributed by atoms with E-state index in [2.05, 4.69) is 20.0 Å². The molecule has 0 spiro atoms. The molecule has 3 aromatic rings. The molecule has 3 rings (SSSR count). The number of sulfonamides is 1. The highest BCUT2D eigenvalue weighted by Gasteiger charge is 2.17. The van der Waals surface area contributed by atoms with Crippen LogP contribution in [0.25, 0.3) is 11.5 Å². The Morgan fingerprint density at radius 2 is 1.93 bits per heavy atom. The third-order valence-electron chi connectivity index (χ3n) is 3.79. The maximum atomic E-state index is 12.6. The summed E-state index contributed by atoms with van der Waals surface area (Å²) in [7, 11) is -1.69. The lowest BCUT2D eigenvalue weighted by Crippen LogP contribution is -2.13. The van der Waals surface area contributed by atoms with E-state index in [4.69, 9.17) is 11.6 Å². The number of aryl methyl sites for hydroxylation is 2. The van der Waals surface area contributed by atoms with Gasteiger partial charge in [-0.1, -0.05) is 17.7 Å². The van der Waals surface area contributed by atoms with Crippen LogP contribution in [-0.4, -0.2) is 35.1 Å². The van der Waals surface area contributed by atoms with E-state index >= 15 is 0 Å². The summed E-state index contributed by atoms with van der Waals surface area (Å²) in [5, 5.41) is 2.95. The number of hydrogen-bond acceptors (Lipinski definition) is 5. The van der Waals surface area contributed by atoms with Crippen LogP contribution in [0.3, 0.4) is 0 Å². The van der Waals surface area contributed by atoms with Gasteiger partial charge in [0.15, 0.2) is 5.82 Å². The molecule has 0 unspecified atom stereocenters. The zero-order valence-corrected chi connectivity index (χ0v) is 17.0. The first kappa shape index (κ1) is 19.8. The summed E-state index contributed by atoms with van der Waals surface area (Å²) < 4.78 is 26.9. The SMILES string of the molecule is Cc1cccnc1-c1nc(C(=O)Nc2cc(Cl)cc(NS(C)(=O)=O)c2)cn1C. The first-order valence-electron chi connectivity index (χ1n) is 8.17. The van der Waals surface area contributed by atoms with Crippen molar-refractivity contribution in [2.45, 2.75) is 6.92 Å². The van der Waals surface area contributed by atoms with E-state index < -0.39 is 15.9 Å². The van der Waals surface area contributed by atoms with Crippen molar-refractivity contribution < 1.29 is 13.2 Å². The average Bonchev–Trinajstić information content (AvgIpc) is 2.95. The van der Waals surface area contributed by atoms with Crippen LogP contribution in [0.4, 0.5) is 11.4 Å². The number of nitrogens with one attached hydrogen (secondary N) is 2. The van der Waals surface area contributed by atoms with E-state index in [1.807, 2.05) is 19.1 Å². The van der Waals surface area contributed by atoms with Gasteiger partial charge in [-0.3, -0.25) is 14.5 Å². The topological polar surface area (TPSA) is 106 Å². The number of halogens is 1. The minimum atomic E-state index is -3.47. The molecule has 0 bridgehead atoms. The van der Waals surface area contributed by atoms with Gasteiger partial charge in [0.2, 0.25) is 10.0 Å². The molecular formula is C18H18ClN5O3S. The van der Waals surface area contributed by atoms with Crippen molar-refractivity contribution in [1.82, 2.24) is 14.5 Å². The minimum absolute atomic E-state index is 0.195. The zero-order chi connectivity index (χ0) is 20.5. The van der Waals surface area contributed by atoms with Gasteiger partial charge in [0, 0.05) is 30.2 Å². The van der Waals surface area contributed by atoms with E-state index in [0.29, 0.717) is 17.2 Å². The van der Waals surface area contributed by atoms with Gasteiger partial charge in [-0.2, -0.15) is 0 Å². The van der Waals surface area contributed by atoms with Crippen molar-refractivity contribution in [3.05, 3.63) is 59.0 Å². The predicted octanol–water partition coefficient (Wildman–Crippen LogP) is 3.07. The van der Waals surface area contributed by atoms with Gasteiger partial charge >= 0.3 is 0 Å². The Kier molecular flexibility index (Phi) is 5.39. The second-order valence-electron chi connectivity index (χ2n) is 6.29. The molecule has 2 heterocycles. The summed E-state index contributed by atoms with van der Waals surface area (Å²) in [6.07, 6.45) is 4.29. The Morgan fingerprint density at radius 1 is 1.21 bits per heavy atom. The van der Waals surface area contributed by atoms with Crippen LogP contribution in [0.5, 0.6) is 0 Å². The van der Waals surface area contributed by atoms with Gasteiger partial charge in [-0.25, -0.2) is 13.4 Å². The Hall–Kier alpha value is -2.91. The number of benzene rings is 1. The molecule has 28 heavy (non-hydrogen) atoms. The van der Waals surface area contributed by atoms with Crippen LogP contribution in [0.2, 0.25) is 5.02 Å². The van der Waals surface area contributed by atoms with Gasteiger partial charge in [0.1, 0.15) is 11.4 Å². The monoisotopic (exact) mass is 419 g/mol. The first-order chi connectivity index (χ1) is 13.1. The number of carbonyl (C=O) groups is 1. The second kappa shape index (κ2) is 7.61. The predicted molar refractivity (Wildman–Crippen MR) is 109 cm³/mol. The molecule has 10 heteroatoms. The molecule has 0 aliphatic carbocycles. The normalized spacial score (nSPS) is 11.3. The summed E-state index contributed by atoms with van der Waals surface area (Å²) in [4.78, 5) is 21.3. The van der Waals surface area contributed by atoms with Gasteiger partial charge in [0.25, 0.3) is 5.91 Å². The summed E-state index contributed by atoms with van der Waals surface area (Å²) in [6.45, 7) is 1.92. The van der Waals surface area contributed by atoms with Crippen LogP contribution in [-0.2, 0) is 17.1 Å². The Bertz CT molecular complexity index is 1160. The van der Waals surface area contributed by atoms with E-state index in [1.165, 1.54) is 18.2 Å². The lowest BCUT2D eigenvalue weighted by Gasteiger charge is -2.08. The molecule has 0 aliphatic rings. The number of rotatable bonds is 5. The lowest BCUT2D eigenvalue weighted by molar-refractivity contribution is 0.102. The average molecular weight is 420 g/mol. The Morgan fingerprint density at radius 3 is 2.61 bits per heavy atom. The van der Waals surface area contributed by atoms with Gasteiger partial charge in [0.05, 0.1) is 11.9 Å². The number of amides is 1. The number of pyridine rings is 1. The molecule has 2 N–H and O–H groups in total. The first-order valence-corrected chi connectivity index (χ1v) is 10.4. The molecule has 0 atom stereocenters. The number of hydrogen-bond donors (Lipinski definition) is 2. The molecule has 0 fully saturated rings. The largest absolute Gasteiger partial charge is 0.332 e. The quantitative estimate of drug-likeness (QED) is 0.661. The van der Waals surface area contributed by atoms with Crippen LogP contribution < -0.4 is 10.0 Å². The van der Waals surface area contributed by atoms with Gasteiger partial charge < -0.3 is 9.88 Å². The number of aromatic nitrogens is 3. The number of anilines is 2. The van der Waals surface area contributed by atoms with Crippen molar-refractivity contribution in [1.29, 1.82) is 0 Å². The molecule has 8 nitrogen and oxygen atoms in total. The van der Waals surface area contributed by atoms with Crippen LogP contribution in [0, 0.1) is 6.92 Å². The third kappa shape index (κ3) is 4.68. The third-order valence-corrected chi connectivity index (χ3v) is 4.61. The van der Waals surface area contributed by atoms with Crippen molar-refractivity contribution in [3.63, 3.8) is 0 Å². The summed E-state index contributed by atoms with van der Waals surface area (Å²) in [6, 6.07) is 8.17. The Labute approximate surface area is 167 Å². The fourth-order valence-corrected chi connectivity index (χ4v) is 3.43. The van der Waals surface area contributed by atoms with Crippen molar-refractivity contribution in [2.24, 2.45) is 7.05 Å². The van der Waals surface area contributed by atoms with Crippen molar-refractivity contribution in [3.8, 4) is 11.5 Å². The van der Waals surface area contributed by atoms with Gasteiger partial charge in [-0.15, -0.1) is 0 Å². The highest BCUT2D eigenvalue weighted by Crippen LogP contribution is 2.24. The molecule has 0 saturated heterocycles. The molecule has 146 valence electrons. The molecule has 1 aromatic carbocycles. The van der Waals surface area contributed by atoms with Gasteiger partial charge in [-0.05, 0) is 36.8 Å². The molecular weight excluding hydrogens is 402 g/mol. The molecule has 0 saturated carbocycles. The number of nitrogens with zero attached hydrogens (tertiary/aromatic N) is 3. The second-order valence-corrected chi connectivity index (χ2v) is 8.47. The summed E-state index contributed by atoms with van der Waals surface area (Å²) >= 11 is 6.02. The molecule has 0 aliphatic heterocycles. The summed E-state index contributed by atoms with van der Waals surface area (Å²) in [5.74, 6) is 0.108. The smallest absolute Gasteiger partial charge is 0.275 e. The summed E-state index contributed by atoms with van der Waals surface area (Å²) in [5.41, 5.74) is 2.40. The minimum Gasteiger partial charge on any atom is -0.332 e. The number of imidazole rings is 1. The highest BCUT2D eigenvalue weighted by molar-refractivity contribution is 7.92. The fourth-order valence-electron chi connectivity index (χ4n) is 2.65. The Balaban J connectivity index is 1.86. The fraction of sp³-hybridized carbons (Fsp3) is 0.167. The highest BCUT2D eigenvalue weighted by atomic mass is 35.5. The lowest BCUT2D eigenvalue weighted by atomic mass is 10.2. The van der Waals surface area contributed by atoms with Crippen LogP contribution in [0.15, 0.2) is 42.7 Å². The standard InChI is InChI=1S/C18H18ClN5O3S/c1-11-5-4-6-20-16(11)17-22-15(10-24(17)2)18(25)21-13-7-12(19)8-14(9-13)23-28(3,26)27/h4-10,23H,1-3H3,(H,21,25). The zero-order valence-electron chi connectivity index (χ0n) is 15.4. The van der Waals surface area contributed by atoms with Crippen molar-refractivity contribution in [2.75, 3.05) is 16.3 Å². The maximum absolute atomic E-state index is 12.6. The molecule has 1 amide bonds. The van der Waals surface area contributed by atoms with Crippen LogP contribution in [0.1, 0.15) is 16.1 Å². The maximum Gasteiger partial charge on any atom is 0.275 e. The van der Waals surface area contributed by atoms with E-state index in [0.717, 1.165) is 11.8 Å². The molecule has 0 radical (unpaired) electrons. The molecule has 2 aromatic heterocycles. The van der Waals surface area contributed by atoms with Crippen LogP contribution >= 0.6 is 11.6 Å².